The summed E-state index contributed by atoms with van der Waals surface area (Å²) in [7, 11) is 0. The van der Waals surface area contributed by atoms with Gasteiger partial charge >= 0.3 is 0 Å². The first-order chi connectivity index (χ1) is 17.8. The minimum atomic E-state index is -0.886. The summed E-state index contributed by atoms with van der Waals surface area (Å²) in [5.74, 6) is 0.917. The molecule has 0 radical (unpaired) electrons. The van der Waals surface area contributed by atoms with Crippen LogP contribution in [0.4, 0.5) is 0 Å². The van der Waals surface area contributed by atoms with Crippen molar-refractivity contribution < 1.29 is 14.9 Å². The molecule has 6 heteroatoms. The van der Waals surface area contributed by atoms with Crippen molar-refractivity contribution in [2.24, 2.45) is 17.1 Å². The lowest BCUT2D eigenvalue weighted by atomic mass is 9.58. The smallest absolute Gasteiger partial charge is 0.105 e. The quantitative estimate of drug-likeness (QED) is 0.587. The predicted octanol–water partition coefficient (Wildman–Crippen LogP) is 3.43. The Labute approximate surface area is 218 Å². The molecule has 2 unspecified atom stereocenters. The zero-order chi connectivity index (χ0) is 25.2. The fourth-order valence-corrected chi connectivity index (χ4v) is 9.46. The van der Waals surface area contributed by atoms with E-state index >= 15 is 0 Å². The van der Waals surface area contributed by atoms with E-state index in [0.717, 1.165) is 50.8 Å². The van der Waals surface area contributed by atoms with Gasteiger partial charge in [-0.25, -0.2) is 0 Å². The predicted molar refractivity (Wildman–Crippen MR) is 142 cm³/mol. The second kappa shape index (κ2) is 7.51. The minimum Gasteiger partial charge on any atom is -0.388 e. The average Bonchev–Trinajstić information content (AvgIpc) is 3.40. The first-order valence-corrected chi connectivity index (χ1v) is 14.2. The molecule has 1 aromatic heterocycles. The van der Waals surface area contributed by atoms with Crippen LogP contribution in [-0.2, 0) is 4.74 Å². The topological polar surface area (TPSA) is 91.8 Å². The number of fused-ring (bicyclic) bond motifs is 2. The van der Waals surface area contributed by atoms with Crippen molar-refractivity contribution in [1.82, 2.24) is 9.88 Å². The first kappa shape index (κ1) is 22.9. The molecule has 8 atom stereocenters. The summed E-state index contributed by atoms with van der Waals surface area (Å²) in [6.07, 6.45) is 12.8. The molecule has 4 heterocycles. The number of nitrogens with two attached hydrogens (primary N) is 1. The van der Waals surface area contributed by atoms with Crippen LogP contribution < -0.4 is 5.73 Å². The van der Waals surface area contributed by atoms with E-state index in [9.17, 15) is 10.2 Å². The number of likely N-dealkylation sites (tertiary alicyclic amines) is 1. The monoisotopic (exact) mass is 499 g/mol. The van der Waals surface area contributed by atoms with Gasteiger partial charge in [0.25, 0.3) is 0 Å². The third kappa shape index (κ3) is 2.91. The molecule has 1 aromatic carbocycles. The Kier molecular flexibility index (Phi) is 4.64. The maximum atomic E-state index is 11.3. The molecule has 3 aliphatic carbocycles. The number of aliphatic hydroxyl groups is 2. The molecule has 2 aromatic rings. The Balaban J connectivity index is 1.17. The van der Waals surface area contributed by atoms with Crippen LogP contribution in [0.3, 0.4) is 0 Å². The van der Waals surface area contributed by atoms with Crippen LogP contribution in [0, 0.1) is 11.3 Å². The van der Waals surface area contributed by atoms with E-state index in [4.69, 9.17) is 10.5 Å². The van der Waals surface area contributed by atoms with E-state index in [-0.39, 0.29) is 23.1 Å². The van der Waals surface area contributed by atoms with Gasteiger partial charge in [0.1, 0.15) is 6.10 Å². The van der Waals surface area contributed by atoms with Crippen LogP contribution in [0.5, 0.6) is 0 Å². The number of allylic oxidation sites excluding steroid dienone is 1. The van der Waals surface area contributed by atoms with Crippen molar-refractivity contribution >= 4 is 10.8 Å². The number of nitrogens with zero attached hydrogens (tertiary/aromatic N) is 2. The maximum Gasteiger partial charge on any atom is 0.105 e. The molecule has 37 heavy (non-hydrogen) atoms. The van der Waals surface area contributed by atoms with Crippen LogP contribution in [-0.4, -0.2) is 68.7 Å². The number of aromatic nitrogens is 1. The molecular weight excluding hydrogens is 462 g/mol. The zero-order valence-electron chi connectivity index (χ0n) is 21.5. The molecule has 2 bridgehead atoms. The van der Waals surface area contributed by atoms with Crippen molar-refractivity contribution in [3.8, 4) is 0 Å². The number of hydrogen-bond donors (Lipinski definition) is 3. The van der Waals surface area contributed by atoms with Crippen molar-refractivity contribution in [3.63, 3.8) is 0 Å². The van der Waals surface area contributed by atoms with Crippen LogP contribution in [0.25, 0.3) is 10.8 Å². The molecule has 0 amide bonds. The number of benzene rings is 1. The Bertz CT molecular complexity index is 1350. The van der Waals surface area contributed by atoms with Crippen LogP contribution >= 0.6 is 0 Å². The van der Waals surface area contributed by atoms with Gasteiger partial charge in [-0.2, -0.15) is 0 Å². The summed E-state index contributed by atoms with van der Waals surface area (Å²) in [4.78, 5) is 6.61. The van der Waals surface area contributed by atoms with Gasteiger partial charge in [-0.1, -0.05) is 31.2 Å². The molecule has 2 spiro atoms. The second-order valence-corrected chi connectivity index (χ2v) is 13.0. The van der Waals surface area contributed by atoms with E-state index in [1.54, 1.807) is 0 Å². The Morgan fingerprint density at radius 2 is 1.97 bits per heavy atom. The first-order valence-electron chi connectivity index (χ1n) is 14.2. The lowest BCUT2D eigenvalue weighted by Crippen LogP contribution is -2.68. The highest BCUT2D eigenvalue weighted by Crippen LogP contribution is 2.69. The highest BCUT2D eigenvalue weighted by molar-refractivity contribution is 5.82. The summed E-state index contributed by atoms with van der Waals surface area (Å²) in [5, 5.41) is 24.9. The summed E-state index contributed by atoms with van der Waals surface area (Å²) >= 11 is 0. The Morgan fingerprint density at radius 3 is 2.81 bits per heavy atom. The molecule has 2 saturated carbocycles. The fourth-order valence-electron chi connectivity index (χ4n) is 9.46. The lowest BCUT2D eigenvalue weighted by molar-refractivity contribution is -0.173. The molecule has 8 rings (SSSR count). The third-order valence-corrected chi connectivity index (χ3v) is 11.3. The van der Waals surface area contributed by atoms with E-state index in [1.807, 2.05) is 12.4 Å². The lowest BCUT2D eigenvalue weighted by Gasteiger charge is -2.57. The standard InChI is InChI=1S/C31H37N3O3/c1-29-8-6-21-13-24-27(35)28(36)25(34-16-22(32)17-34)14-30(24)9-10-31(21,37-30)26(29)5-4-23(29)19-3-2-18-7-11-33-15-20(18)12-19/h2-3,6-7,11-13,15,22-23,25-28,35-36H,4-5,8-10,14,16-17,32H2,1H3/t23?,25-,26+,27+,28+,29+,30+,31?/m0/s1. The number of aliphatic hydroxyl groups excluding tert-OH is 2. The van der Waals surface area contributed by atoms with Gasteiger partial charge in [0.05, 0.1) is 17.3 Å². The van der Waals surface area contributed by atoms with Crippen molar-refractivity contribution in [2.45, 2.75) is 86.9 Å². The van der Waals surface area contributed by atoms with Gasteiger partial charge < -0.3 is 20.7 Å². The average molecular weight is 500 g/mol. The van der Waals surface area contributed by atoms with E-state index in [0.29, 0.717) is 11.8 Å². The van der Waals surface area contributed by atoms with Gasteiger partial charge in [-0.15, -0.1) is 0 Å². The highest BCUT2D eigenvalue weighted by atomic mass is 16.5. The van der Waals surface area contributed by atoms with Crippen LogP contribution in [0.15, 0.2) is 60.0 Å². The Hall–Kier alpha value is -2.09. The van der Waals surface area contributed by atoms with Crippen molar-refractivity contribution in [1.29, 1.82) is 0 Å². The Morgan fingerprint density at radius 1 is 1.11 bits per heavy atom. The summed E-state index contributed by atoms with van der Waals surface area (Å²) in [5.41, 5.74) is 8.99. The zero-order valence-corrected chi connectivity index (χ0v) is 21.5. The summed E-state index contributed by atoms with van der Waals surface area (Å²) in [6.45, 7) is 4.05. The van der Waals surface area contributed by atoms with Gasteiger partial charge in [0.2, 0.25) is 0 Å². The van der Waals surface area contributed by atoms with E-state index < -0.39 is 17.8 Å². The molecule has 6 nitrogen and oxygen atoms in total. The molecule has 4 N–H and O–H groups in total. The van der Waals surface area contributed by atoms with Crippen molar-refractivity contribution in [3.05, 3.63) is 65.5 Å². The van der Waals surface area contributed by atoms with E-state index in [2.05, 4.69) is 53.2 Å². The second-order valence-electron chi connectivity index (χ2n) is 13.0. The number of pyridine rings is 1. The molecule has 3 aliphatic heterocycles. The molecule has 194 valence electrons. The van der Waals surface area contributed by atoms with Crippen molar-refractivity contribution in [2.75, 3.05) is 13.1 Å². The normalized spacial score (nSPS) is 45.0. The molecule has 6 aliphatic rings. The van der Waals surface area contributed by atoms with Gasteiger partial charge in [0.15, 0.2) is 0 Å². The third-order valence-electron chi connectivity index (χ3n) is 11.3. The fraction of sp³-hybridized carbons (Fsp3) is 0.581. The number of rotatable bonds is 2. The number of hydrogen-bond acceptors (Lipinski definition) is 6. The summed E-state index contributed by atoms with van der Waals surface area (Å²) < 4.78 is 7.33. The SMILES string of the molecule is C[C@]12CC=C3C=C4[C@@H](O)[C@H](O)[C@@H](N5CC(N)C5)C[C@]45CCC3(O5)[C@@H]1CCC2c1ccc2ccncc2c1. The highest BCUT2D eigenvalue weighted by Gasteiger charge is 2.68. The van der Waals surface area contributed by atoms with Crippen LogP contribution in [0.1, 0.15) is 56.9 Å². The minimum absolute atomic E-state index is 0.106. The van der Waals surface area contributed by atoms with Gasteiger partial charge in [-0.3, -0.25) is 9.88 Å². The van der Waals surface area contributed by atoms with Gasteiger partial charge in [0, 0.05) is 43.0 Å². The molecular formula is C31H37N3O3. The van der Waals surface area contributed by atoms with E-state index in [1.165, 1.54) is 28.3 Å². The van der Waals surface area contributed by atoms with Crippen LogP contribution in [0.2, 0.25) is 0 Å². The molecule has 2 saturated heterocycles. The number of ether oxygens (including phenoxy) is 1. The largest absolute Gasteiger partial charge is 0.388 e. The maximum absolute atomic E-state index is 11.3. The van der Waals surface area contributed by atoms with Gasteiger partial charge in [-0.05, 0) is 90.0 Å². The molecule has 4 fully saturated rings. The summed E-state index contributed by atoms with van der Waals surface area (Å²) in [6, 6.07) is 9.07.